The molecule has 2 aromatic rings. The van der Waals surface area contributed by atoms with Gasteiger partial charge in [-0.15, -0.1) is 0 Å². The minimum atomic E-state index is -0.713. The molecule has 0 aliphatic heterocycles. The fourth-order valence-corrected chi connectivity index (χ4v) is 2.38. The average molecular weight is 237 g/mol. The minimum absolute atomic E-state index is 0.122. The Kier molecular flexibility index (Phi) is 2.33. The van der Waals surface area contributed by atoms with Gasteiger partial charge in [0.1, 0.15) is 5.92 Å². The number of rotatable bonds is 1. The highest BCUT2D eigenvalue weighted by molar-refractivity contribution is 6.29. The zero-order chi connectivity index (χ0) is 12.7. The van der Waals surface area contributed by atoms with Gasteiger partial charge in [-0.05, 0) is 18.1 Å². The summed E-state index contributed by atoms with van der Waals surface area (Å²) in [5, 5.41) is 0. The van der Waals surface area contributed by atoms with E-state index in [0.717, 1.165) is 5.56 Å². The highest BCUT2D eigenvalue weighted by Crippen LogP contribution is 2.33. The van der Waals surface area contributed by atoms with Crippen molar-refractivity contribution in [1.29, 1.82) is 0 Å². The predicted octanol–water partition coefficient (Wildman–Crippen LogP) is 2.55. The van der Waals surface area contributed by atoms with Crippen molar-refractivity contribution in [2.75, 3.05) is 0 Å². The van der Waals surface area contributed by atoms with Gasteiger partial charge >= 0.3 is 0 Å². The van der Waals surface area contributed by atoms with Crippen LogP contribution in [0.25, 0.3) is 0 Å². The summed E-state index contributed by atoms with van der Waals surface area (Å²) in [6, 6.07) is 8.82. The van der Waals surface area contributed by atoms with Gasteiger partial charge in [0.15, 0.2) is 11.6 Å². The van der Waals surface area contributed by atoms with Crippen LogP contribution in [0.3, 0.4) is 0 Å². The number of hydrogen-bond donors (Lipinski definition) is 0. The first-order valence-corrected chi connectivity index (χ1v) is 5.77. The molecule has 0 saturated heterocycles. The lowest BCUT2D eigenvalue weighted by molar-refractivity contribution is 0.0890. The molecule has 0 saturated carbocycles. The SMILES string of the molecule is Cc1cncc(C2C(=O)c3ccccc3C2=O)c1. The van der Waals surface area contributed by atoms with Crippen molar-refractivity contribution in [3.8, 4) is 0 Å². The van der Waals surface area contributed by atoms with E-state index in [1.165, 1.54) is 0 Å². The lowest BCUT2D eigenvalue weighted by atomic mass is 9.95. The molecule has 1 aliphatic carbocycles. The number of Topliss-reactive ketones (excluding diaryl/α,β-unsaturated/α-hetero) is 2. The molecule has 0 fully saturated rings. The molecule has 0 bridgehead atoms. The van der Waals surface area contributed by atoms with Crippen LogP contribution in [0, 0.1) is 6.92 Å². The number of aromatic nitrogens is 1. The molecule has 18 heavy (non-hydrogen) atoms. The second-order valence-electron chi connectivity index (χ2n) is 4.50. The van der Waals surface area contributed by atoms with Gasteiger partial charge < -0.3 is 0 Å². The van der Waals surface area contributed by atoms with Gasteiger partial charge in [-0.1, -0.05) is 30.3 Å². The molecular formula is C15H11NO2. The summed E-state index contributed by atoms with van der Waals surface area (Å²) < 4.78 is 0. The van der Waals surface area contributed by atoms with Crippen LogP contribution in [0.1, 0.15) is 37.8 Å². The highest BCUT2D eigenvalue weighted by Gasteiger charge is 2.39. The maximum atomic E-state index is 12.3. The number of hydrogen-bond acceptors (Lipinski definition) is 3. The van der Waals surface area contributed by atoms with Crippen molar-refractivity contribution < 1.29 is 9.59 Å². The molecule has 1 aliphatic rings. The Labute approximate surface area is 104 Å². The van der Waals surface area contributed by atoms with E-state index in [9.17, 15) is 9.59 Å². The summed E-state index contributed by atoms with van der Waals surface area (Å²) in [6.07, 6.45) is 3.31. The number of aryl methyl sites for hydroxylation is 1. The molecule has 0 radical (unpaired) electrons. The van der Waals surface area contributed by atoms with Gasteiger partial charge in [0, 0.05) is 23.5 Å². The van der Waals surface area contributed by atoms with Gasteiger partial charge in [-0.3, -0.25) is 14.6 Å². The summed E-state index contributed by atoms with van der Waals surface area (Å²) in [7, 11) is 0. The van der Waals surface area contributed by atoms with Crippen LogP contribution in [-0.4, -0.2) is 16.6 Å². The Morgan fingerprint density at radius 3 is 2.17 bits per heavy atom. The Bertz CT molecular complexity index is 626. The van der Waals surface area contributed by atoms with Crippen LogP contribution < -0.4 is 0 Å². The van der Waals surface area contributed by atoms with E-state index in [4.69, 9.17) is 0 Å². The van der Waals surface area contributed by atoms with E-state index in [2.05, 4.69) is 4.98 Å². The third-order valence-corrected chi connectivity index (χ3v) is 3.21. The summed E-state index contributed by atoms with van der Waals surface area (Å²) in [5.74, 6) is -0.958. The number of fused-ring (bicyclic) bond motifs is 1. The number of benzene rings is 1. The minimum Gasteiger partial charge on any atom is -0.293 e. The number of nitrogens with zero attached hydrogens (tertiary/aromatic N) is 1. The lowest BCUT2D eigenvalue weighted by Crippen LogP contribution is -2.13. The van der Waals surface area contributed by atoms with Crippen molar-refractivity contribution >= 4 is 11.6 Å². The molecule has 3 heteroatoms. The number of carbonyl (C=O) groups is 2. The van der Waals surface area contributed by atoms with Crippen molar-refractivity contribution in [2.45, 2.75) is 12.8 Å². The zero-order valence-electron chi connectivity index (χ0n) is 9.88. The maximum absolute atomic E-state index is 12.3. The molecule has 3 nitrogen and oxygen atoms in total. The fourth-order valence-electron chi connectivity index (χ4n) is 2.38. The molecule has 1 heterocycles. The standard InChI is InChI=1S/C15H11NO2/c1-9-6-10(8-16-7-9)13-14(17)11-4-2-3-5-12(11)15(13)18/h2-8,13H,1H3. The first kappa shape index (κ1) is 10.8. The monoisotopic (exact) mass is 237 g/mol. The fraction of sp³-hybridized carbons (Fsp3) is 0.133. The quantitative estimate of drug-likeness (QED) is 0.716. The molecule has 0 atom stereocenters. The summed E-state index contributed by atoms with van der Waals surface area (Å²) in [5.41, 5.74) is 2.67. The van der Waals surface area contributed by atoms with Gasteiger partial charge in [-0.25, -0.2) is 0 Å². The third-order valence-electron chi connectivity index (χ3n) is 3.21. The van der Waals surface area contributed by atoms with Gasteiger partial charge in [0.2, 0.25) is 0 Å². The normalized spacial score (nSPS) is 14.9. The van der Waals surface area contributed by atoms with E-state index < -0.39 is 5.92 Å². The van der Waals surface area contributed by atoms with E-state index >= 15 is 0 Å². The van der Waals surface area contributed by atoms with E-state index in [1.54, 1.807) is 36.7 Å². The molecule has 1 aromatic heterocycles. The molecule has 1 aromatic carbocycles. The molecule has 0 N–H and O–H groups in total. The van der Waals surface area contributed by atoms with Crippen LogP contribution in [0.2, 0.25) is 0 Å². The van der Waals surface area contributed by atoms with Crippen molar-refractivity contribution in [3.63, 3.8) is 0 Å². The Balaban J connectivity index is 2.12. The van der Waals surface area contributed by atoms with E-state index in [0.29, 0.717) is 16.7 Å². The van der Waals surface area contributed by atoms with Crippen LogP contribution >= 0.6 is 0 Å². The Hall–Kier alpha value is -2.29. The van der Waals surface area contributed by atoms with E-state index in [1.807, 2.05) is 13.0 Å². The van der Waals surface area contributed by atoms with Gasteiger partial charge in [-0.2, -0.15) is 0 Å². The van der Waals surface area contributed by atoms with Crippen LogP contribution in [0.5, 0.6) is 0 Å². The number of pyridine rings is 1. The largest absolute Gasteiger partial charge is 0.293 e. The smallest absolute Gasteiger partial charge is 0.178 e. The average Bonchev–Trinajstić information content (AvgIpc) is 2.63. The van der Waals surface area contributed by atoms with Crippen LogP contribution in [0.15, 0.2) is 42.7 Å². The molecular weight excluding hydrogens is 226 g/mol. The first-order chi connectivity index (χ1) is 8.68. The summed E-state index contributed by atoms with van der Waals surface area (Å²) in [6.45, 7) is 1.90. The zero-order valence-corrected chi connectivity index (χ0v) is 9.88. The predicted molar refractivity (Wildman–Crippen MR) is 66.8 cm³/mol. The third kappa shape index (κ3) is 1.48. The second kappa shape index (κ2) is 3.88. The Morgan fingerprint density at radius 1 is 1.00 bits per heavy atom. The summed E-state index contributed by atoms with van der Waals surface area (Å²) >= 11 is 0. The Morgan fingerprint density at radius 2 is 1.61 bits per heavy atom. The van der Waals surface area contributed by atoms with Crippen molar-refractivity contribution in [1.82, 2.24) is 4.98 Å². The molecule has 3 rings (SSSR count). The molecule has 0 spiro atoms. The van der Waals surface area contributed by atoms with Crippen LogP contribution in [0.4, 0.5) is 0 Å². The first-order valence-electron chi connectivity index (χ1n) is 5.77. The maximum Gasteiger partial charge on any atom is 0.178 e. The number of carbonyl (C=O) groups excluding carboxylic acids is 2. The second-order valence-corrected chi connectivity index (χ2v) is 4.50. The van der Waals surface area contributed by atoms with Gasteiger partial charge in [0.25, 0.3) is 0 Å². The van der Waals surface area contributed by atoms with Crippen LogP contribution in [-0.2, 0) is 0 Å². The van der Waals surface area contributed by atoms with E-state index in [-0.39, 0.29) is 11.6 Å². The lowest BCUT2D eigenvalue weighted by Gasteiger charge is -2.07. The molecule has 88 valence electrons. The molecule has 0 unspecified atom stereocenters. The van der Waals surface area contributed by atoms with Gasteiger partial charge in [0.05, 0.1) is 0 Å². The number of ketones is 2. The topological polar surface area (TPSA) is 47.0 Å². The van der Waals surface area contributed by atoms with Crippen molar-refractivity contribution in [3.05, 3.63) is 65.0 Å². The summed E-state index contributed by atoms with van der Waals surface area (Å²) in [4.78, 5) is 28.6. The highest BCUT2D eigenvalue weighted by atomic mass is 16.2. The van der Waals surface area contributed by atoms with Crippen molar-refractivity contribution in [2.24, 2.45) is 0 Å². The molecule has 0 amide bonds.